The normalized spacial score (nSPS) is 11.7. The number of hydrogen-bond donors (Lipinski definition) is 0. The lowest BCUT2D eigenvalue weighted by Gasteiger charge is -2.13. The van der Waals surface area contributed by atoms with Gasteiger partial charge in [0.25, 0.3) is 0 Å². The first kappa shape index (κ1) is 36.5. The van der Waals surface area contributed by atoms with E-state index < -0.39 is 0 Å². The largest absolute Gasteiger partial charge is 0.455 e. The van der Waals surface area contributed by atoms with Crippen LogP contribution in [-0.4, -0.2) is 24.1 Å². The third kappa shape index (κ3) is 5.71. The minimum atomic E-state index is 0.480. The lowest BCUT2D eigenvalue weighted by Crippen LogP contribution is -2.02. The molecule has 9 aromatic carbocycles. The van der Waals surface area contributed by atoms with E-state index in [9.17, 15) is 5.26 Å². The molecule has 0 saturated heterocycles. The second kappa shape index (κ2) is 14.5. The minimum Gasteiger partial charge on any atom is -0.455 e. The van der Waals surface area contributed by atoms with E-state index in [0.717, 1.165) is 99.2 Å². The van der Waals surface area contributed by atoms with Gasteiger partial charge in [0.1, 0.15) is 17.2 Å². The molecule has 7 heteroatoms. The molecule has 65 heavy (non-hydrogen) atoms. The van der Waals surface area contributed by atoms with E-state index in [2.05, 4.69) is 130 Å². The number of nitriles is 1. The number of fused-ring (bicyclic) bond motifs is 11. The molecule has 302 valence electrons. The minimum absolute atomic E-state index is 0.480. The van der Waals surface area contributed by atoms with Crippen molar-refractivity contribution in [2.75, 3.05) is 0 Å². The quantitative estimate of drug-likeness (QED) is 0.167. The van der Waals surface area contributed by atoms with Gasteiger partial charge in [0.15, 0.2) is 17.5 Å². The molecule has 0 unspecified atom stereocenters. The molecule has 13 aromatic rings. The van der Waals surface area contributed by atoms with Crippen molar-refractivity contribution in [1.82, 2.24) is 24.1 Å². The highest BCUT2D eigenvalue weighted by atomic mass is 16.3. The number of para-hydroxylation sites is 3. The molecular formula is C58H34N6O. The molecule has 0 amide bonds. The molecule has 0 radical (unpaired) electrons. The van der Waals surface area contributed by atoms with Crippen LogP contribution in [0.5, 0.6) is 0 Å². The highest BCUT2D eigenvalue weighted by Crippen LogP contribution is 2.45. The molecule has 0 atom stereocenters. The van der Waals surface area contributed by atoms with E-state index >= 15 is 0 Å². The van der Waals surface area contributed by atoms with E-state index in [0.29, 0.717) is 28.6 Å². The van der Waals surface area contributed by atoms with Crippen LogP contribution in [-0.2, 0) is 0 Å². The van der Waals surface area contributed by atoms with Gasteiger partial charge in [0, 0.05) is 43.9 Å². The summed E-state index contributed by atoms with van der Waals surface area (Å²) in [4.78, 5) is 15.1. The monoisotopic (exact) mass is 830 g/mol. The van der Waals surface area contributed by atoms with Crippen molar-refractivity contribution in [3.05, 3.63) is 212 Å². The number of rotatable bonds is 6. The second-order valence-corrected chi connectivity index (χ2v) is 16.3. The van der Waals surface area contributed by atoms with E-state index in [4.69, 9.17) is 19.4 Å². The average molecular weight is 831 g/mol. The SMILES string of the molecule is N#Cc1cc(-c2nc(-c3ccccc3)nc(-c3cccc(-c4ccccc4)c3)n2)ccc1-n1c2ccccc2c2c3oc4c(ccc5c4c4ccccc4n5-c4ccccc4)c3ccc21. The predicted molar refractivity (Wildman–Crippen MR) is 262 cm³/mol. The predicted octanol–water partition coefficient (Wildman–Crippen LogP) is 14.5. The molecule has 13 rings (SSSR count). The fourth-order valence-corrected chi connectivity index (χ4v) is 9.69. The molecule has 4 heterocycles. The van der Waals surface area contributed by atoms with E-state index in [-0.39, 0.29) is 0 Å². The highest BCUT2D eigenvalue weighted by Gasteiger charge is 2.24. The van der Waals surface area contributed by atoms with Gasteiger partial charge in [-0.15, -0.1) is 0 Å². The van der Waals surface area contributed by atoms with Gasteiger partial charge in [0.05, 0.1) is 44.1 Å². The smallest absolute Gasteiger partial charge is 0.164 e. The molecule has 0 aliphatic heterocycles. The van der Waals surface area contributed by atoms with Gasteiger partial charge in [-0.2, -0.15) is 5.26 Å². The third-order valence-corrected chi connectivity index (χ3v) is 12.6. The fourth-order valence-electron chi connectivity index (χ4n) is 9.69. The lowest BCUT2D eigenvalue weighted by atomic mass is 10.0. The summed E-state index contributed by atoms with van der Waals surface area (Å²) in [6.07, 6.45) is 0. The van der Waals surface area contributed by atoms with Gasteiger partial charge in [0.2, 0.25) is 0 Å². The van der Waals surface area contributed by atoms with Crippen LogP contribution in [0.25, 0.3) is 122 Å². The summed E-state index contributed by atoms with van der Waals surface area (Å²) >= 11 is 0. The maximum Gasteiger partial charge on any atom is 0.164 e. The molecular weight excluding hydrogens is 797 g/mol. The Kier molecular flexibility index (Phi) is 8.14. The van der Waals surface area contributed by atoms with Crippen molar-refractivity contribution in [1.29, 1.82) is 5.26 Å². The van der Waals surface area contributed by atoms with Gasteiger partial charge in [-0.1, -0.05) is 133 Å². The number of nitrogens with zero attached hydrogens (tertiary/aromatic N) is 6. The van der Waals surface area contributed by atoms with Gasteiger partial charge in [-0.25, -0.2) is 15.0 Å². The van der Waals surface area contributed by atoms with Gasteiger partial charge < -0.3 is 13.6 Å². The van der Waals surface area contributed by atoms with Gasteiger partial charge in [-0.3, -0.25) is 0 Å². The maximum atomic E-state index is 10.9. The fraction of sp³-hybridized carbons (Fsp3) is 0. The molecule has 0 aliphatic rings. The number of aromatic nitrogens is 5. The van der Waals surface area contributed by atoms with Crippen molar-refractivity contribution < 1.29 is 4.42 Å². The Morgan fingerprint density at radius 2 is 0.862 bits per heavy atom. The molecule has 0 bridgehead atoms. The summed E-state index contributed by atoms with van der Waals surface area (Å²) < 4.78 is 11.6. The van der Waals surface area contributed by atoms with Crippen LogP contribution < -0.4 is 0 Å². The average Bonchev–Trinajstić information content (AvgIpc) is 4.04. The Morgan fingerprint density at radius 3 is 1.49 bits per heavy atom. The molecule has 0 saturated carbocycles. The zero-order valence-corrected chi connectivity index (χ0v) is 34.7. The topological polar surface area (TPSA) is 85.5 Å². The Labute approximate surface area is 372 Å². The lowest BCUT2D eigenvalue weighted by molar-refractivity contribution is 0.677. The van der Waals surface area contributed by atoms with Crippen molar-refractivity contribution in [2.45, 2.75) is 0 Å². The molecule has 0 aliphatic carbocycles. The second-order valence-electron chi connectivity index (χ2n) is 16.3. The highest BCUT2D eigenvalue weighted by molar-refractivity contribution is 6.29. The Hall–Kier alpha value is -9.12. The van der Waals surface area contributed by atoms with Crippen LogP contribution in [0.4, 0.5) is 0 Å². The van der Waals surface area contributed by atoms with E-state index in [1.54, 1.807) is 0 Å². The van der Waals surface area contributed by atoms with Crippen molar-refractivity contribution in [3.8, 4) is 62.7 Å². The first-order chi connectivity index (χ1) is 32.2. The maximum absolute atomic E-state index is 10.9. The third-order valence-electron chi connectivity index (χ3n) is 12.6. The first-order valence-corrected chi connectivity index (χ1v) is 21.6. The van der Waals surface area contributed by atoms with E-state index in [1.807, 2.05) is 91.0 Å². The molecule has 0 N–H and O–H groups in total. The number of furan rings is 1. The zero-order chi connectivity index (χ0) is 43.0. The van der Waals surface area contributed by atoms with Crippen LogP contribution in [0.15, 0.2) is 211 Å². The van der Waals surface area contributed by atoms with Crippen molar-refractivity contribution in [3.63, 3.8) is 0 Å². The van der Waals surface area contributed by atoms with Gasteiger partial charge in [-0.05, 0) is 83.9 Å². The molecule has 0 fully saturated rings. The molecule has 7 nitrogen and oxygen atoms in total. The number of hydrogen-bond acceptors (Lipinski definition) is 5. The standard InChI is InChI=1S/C58H34N6O/c59-35-41-34-40(58-61-56(37-17-6-2-7-18-37)60-57(62-58)39-20-14-19-38(33-39)36-15-4-1-5-16-36)27-30-47(41)64-49-26-13-11-24-46(49)53-51(64)32-29-44-43-28-31-50-52(54(43)65-55(44)53)45-23-10-12-25-48(45)63(50)42-21-8-3-9-22-42/h1-34H. The van der Waals surface area contributed by atoms with Crippen LogP contribution >= 0.6 is 0 Å². The summed E-state index contributed by atoms with van der Waals surface area (Å²) in [6, 6.07) is 73.0. The van der Waals surface area contributed by atoms with Crippen LogP contribution in [0.1, 0.15) is 5.56 Å². The first-order valence-electron chi connectivity index (χ1n) is 21.6. The molecule has 0 spiro atoms. The summed E-state index contributed by atoms with van der Waals surface area (Å²) in [5, 5.41) is 17.3. The number of benzene rings is 9. The van der Waals surface area contributed by atoms with Crippen molar-refractivity contribution >= 4 is 65.6 Å². The Morgan fingerprint density at radius 1 is 0.369 bits per heavy atom. The van der Waals surface area contributed by atoms with Crippen LogP contribution in [0.2, 0.25) is 0 Å². The Balaban J connectivity index is 0.992. The Bertz CT molecular complexity index is 4070. The van der Waals surface area contributed by atoms with Gasteiger partial charge >= 0.3 is 0 Å². The summed E-state index contributed by atoms with van der Waals surface area (Å²) in [5.41, 5.74) is 12.8. The summed E-state index contributed by atoms with van der Waals surface area (Å²) in [5.74, 6) is 1.58. The molecule has 4 aromatic heterocycles. The van der Waals surface area contributed by atoms with Crippen LogP contribution in [0, 0.1) is 11.3 Å². The zero-order valence-electron chi connectivity index (χ0n) is 34.7. The summed E-state index contributed by atoms with van der Waals surface area (Å²) in [7, 11) is 0. The summed E-state index contributed by atoms with van der Waals surface area (Å²) in [6.45, 7) is 0. The van der Waals surface area contributed by atoms with E-state index in [1.165, 1.54) is 0 Å². The van der Waals surface area contributed by atoms with Crippen molar-refractivity contribution in [2.24, 2.45) is 0 Å². The van der Waals surface area contributed by atoms with Crippen LogP contribution in [0.3, 0.4) is 0 Å².